The Morgan fingerprint density at radius 3 is 1.83 bits per heavy atom. The molecule has 0 aromatic carbocycles. The van der Waals surface area contributed by atoms with Gasteiger partial charge in [0.2, 0.25) is 0 Å². The van der Waals surface area contributed by atoms with E-state index in [1.54, 1.807) is 0 Å². The first-order chi connectivity index (χ1) is 10.5. The second-order valence-electron chi connectivity index (χ2n) is 5.61. The molecule has 0 heterocycles. The molecule has 6 N–H and O–H groups in total. The molecule has 0 aliphatic carbocycles. The summed E-state index contributed by atoms with van der Waals surface area (Å²) >= 11 is 0. The molecular weight excluding hydrogens is 312 g/mol. The summed E-state index contributed by atoms with van der Waals surface area (Å²) in [5, 5.41) is 56.7. The van der Waals surface area contributed by atoms with Crippen LogP contribution in [0.3, 0.4) is 0 Å². The van der Waals surface area contributed by atoms with Crippen LogP contribution in [0.25, 0.3) is 0 Å². The van der Waals surface area contributed by atoms with Gasteiger partial charge in [-0.05, 0) is 6.42 Å². The molecule has 2 unspecified atom stereocenters. The van der Waals surface area contributed by atoms with Crippen LogP contribution in [0.4, 0.5) is 0 Å². The van der Waals surface area contributed by atoms with Crippen LogP contribution in [0.15, 0.2) is 0 Å². The monoisotopic (exact) mass is 336 g/mol. The van der Waals surface area contributed by atoms with Crippen LogP contribution in [0, 0.1) is 5.92 Å². The normalized spacial score (nSPS) is 15.7. The van der Waals surface area contributed by atoms with Gasteiger partial charge in [-0.15, -0.1) is 0 Å². The van der Waals surface area contributed by atoms with Gasteiger partial charge in [0.15, 0.2) is 11.4 Å². The molecule has 0 aromatic heterocycles. The summed E-state index contributed by atoms with van der Waals surface area (Å²) in [7, 11) is 0. The maximum absolute atomic E-state index is 11.3. The van der Waals surface area contributed by atoms with E-state index in [0.717, 1.165) is 19.3 Å². The molecule has 23 heavy (non-hydrogen) atoms. The van der Waals surface area contributed by atoms with E-state index in [4.69, 9.17) is 15.3 Å². The Balaban J connectivity index is 5.28. The van der Waals surface area contributed by atoms with Gasteiger partial charge in [0.05, 0.1) is 6.42 Å². The number of hydrogen-bond acceptors (Lipinski definition) is 6. The van der Waals surface area contributed by atoms with Crippen molar-refractivity contribution in [1.82, 2.24) is 0 Å². The summed E-state index contributed by atoms with van der Waals surface area (Å²) in [5.74, 6) is -11.6. The predicted octanol–water partition coefficient (Wildman–Crippen LogP) is 0.0190. The smallest absolute Gasteiger partial charge is 0.337 e. The van der Waals surface area contributed by atoms with Crippen LogP contribution < -0.4 is 0 Å². The maximum Gasteiger partial charge on any atom is 0.337 e. The Morgan fingerprint density at radius 1 is 0.913 bits per heavy atom. The minimum absolute atomic E-state index is 0.194. The van der Waals surface area contributed by atoms with E-state index in [2.05, 4.69) is 0 Å². The molecule has 0 fully saturated rings. The van der Waals surface area contributed by atoms with Crippen LogP contribution in [0.1, 0.15) is 51.9 Å². The summed E-state index contributed by atoms with van der Waals surface area (Å²) in [5.41, 5.74) is -3.34. The highest BCUT2D eigenvalue weighted by molar-refractivity contribution is 5.90. The fourth-order valence-corrected chi connectivity index (χ4v) is 2.45. The number of hydrogen-bond donors (Lipinski definition) is 6. The third-order valence-corrected chi connectivity index (χ3v) is 3.63. The van der Waals surface area contributed by atoms with Crippen molar-refractivity contribution in [1.29, 1.82) is 0 Å². The second-order valence-corrected chi connectivity index (χ2v) is 5.61. The fourth-order valence-electron chi connectivity index (χ4n) is 2.45. The van der Waals surface area contributed by atoms with Crippen molar-refractivity contribution in [2.24, 2.45) is 5.92 Å². The van der Waals surface area contributed by atoms with E-state index >= 15 is 0 Å². The summed E-state index contributed by atoms with van der Waals surface area (Å²) in [6.07, 6.45) is 1.42. The molecular formula is C14H24O9. The summed E-state index contributed by atoms with van der Waals surface area (Å²) in [4.78, 5) is 33.2. The summed E-state index contributed by atoms with van der Waals surface area (Å²) in [6.45, 7) is 1.97. The van der Waals surface area contributed by atoms with Crippen molar-refractivity contribution >= 4 is 17.9 Å². The van der Waals surface area contributed by atoms with Crippen LogP contribution in [0.2, 0.25) is 0 Å². The molecule has 9 heteroatoms. The number of aliphatic hydroxyl groups is 3. The lowest BCUT2D eigenvalue weighted by Crippen LogP contribution is -2.60. The van der Waals surface area contributed by atoms with Crippen molar-refractivity contribution < 1.29 is 45.0 Å². The van der Waals surface area contributed by atoms with Crippen molar-refractivity contribution in [3.63, 3.8) is 0 Å². The third kappa shape index (κ3) is 6.12. The Kier molecular flexibility index (Phi) is 8.15. The zero-order valence-electron chi connectivity index (χ0n) is 12.9. The zero-order valence-corrected chi connectivity index (χ0v) is 12.9. The Labute approximate surface area is 133 Å². The molecule has 134 valence electrons. The number of carboxylic acid groups (broad SMARTS) is 3. The van der Waals surface area contributed by atoms with Crippen molar-refractivity contribution in [3.05, 3.63) is 0 Å². The Hall–Kier alpha value is -1.71. The average Bonchev–Trinajstić information content (AvgIpc) is 2.36. The number of carboxylic acids is 3. The van der Waals surface area contributed by atoms with Gasteiger partial charge in [0.25, 0.3) is 0 Å². The maximum atomic E-state index is 11.3. The highest BCUT2D eigenvalue weighted by Crippen LogP contribution is 2.34. The number of rotatable bonds is 12. The van der Waals surface area contributed by atoms with Crippen LogP contribution in [-0.2, 0) is 14.4 Å². The van der Waals surface area contributed by atoms with E-state index in [1.165, 1.54) is 0 Å². The molecule has 0 saturated carbocycles. The first kappa shape index (κ1) is 21.3. The third-order valence-electron chi connectivity index (χ3n) is 3.63. The average molecular weight is 336 g/mol. The first-order valence-corrected chi connectivity index (χ1v) is 7.34. The predicted molar refractivity (Wildman–Crippen MR) is 76.5 cm³/mol. The molecule has 9 nitrogen and oxygen atoms in total. The molecule has 0 spiro atoms. The first-order valence-electron chi connectivity index (χ1n) is 7.34. The summed E-state index contributed by atoms with van der Waals surface area (Å²) < 4.78 is 0. The highest BCUT2D eigenvalue weighted by atomic mass is 16.5. The molecule has 2 atom stereocenters. The van der Waals surface area contributed by atoms with Crippen LogP contribution >= 0.6 is 0 Å². The topological polar surface area (TPSA) is 173 Å². The molecule has 0 aliphatic heterocycles. The van der Waals surface area contributed by atoms with Crippen LogP contribution in [-0.4, -0.2) is 59.9 Å². The van der Waals surface area contributed by atoms with E-state index in [0.29, 0.717) is 6.42 Å². The number of carbonyl (C=O) groups is 3. The molecule has 0 aliphatic rings. The lowest BCUT2D eigenvalue weighted by Gasteiger charge is -2.36. The van der Waals surface area contributed by atoms with Gasteiger partial charge in [0, 0.05) is 6.42 Å². The SMILES string of the molecule is CCCCCCCC(O)(O)C(C(=O)O)C(O)(CC(=O)O)C(=O)O. The summed E-state index contributed by atoms with van der Waals surface area (Å²) in [6, 6.07) is 0. The minimum atomic E-state index is -3.34. The van der Waals surface area contributed by atoms with E-state index in [1.807, 2.05) is 6.92 Å². The number of aliphatic carboxylic acids is 3. The van der Waals surface area contributed by atoms with Gasteiger partial charge in [0.1, 0.15) is 5.92 Å². The van der Waals surface area contributed by atoms with Crippen molar-refractivity contribution in [2.75, 3.05) is 0 Å². The van der Waals surface area contributed by atoms with Gasteiger partial charge < -0.3 is 30.6 Å². The van der Waals surface area contributed by atoms with Gasteiger partial charge in [-0.2, -0.15) is 0 Å². The van der Waals surface area contributed by atoms with Gasteiger partial charge in [-0.1, -0.05) is 32.6 Å². The Bertz CT molecular complexity index is 432. The minimum Gasteiger partial charge on any atom is -0.481 e. The van der Waals surface area contributed by atoms with Gasteiger partial charge in [-0.25, -0.2) is 4.79 Å². The van der Waals surface area contributed by atoms with E-state index < -0.39 is 48.1 Å². The molecule has 0 rings (SSSR count). The second kappa shape index (κ2) is 8.80. The highest BCUT2D eigenvalue weighted by Gasteiger charge is 2.58. The van der Waals surface area contributed by atoms with Crippen LogP contribution in [0.5, 0.6) is 0 Å². The standard InChI is InChI=1S/C14H24O9/c1-2-3-4-5-6-7-14(22,23)10(11(17)18)13(21,12(19)20)8-9(15)16/h10,21-23H,2-8H2,1H3,(H,15,16)(H,17,18)(H,19,20). The molecule has 0 aromatic rings. The van der Waals surface area contributed by atoms with E-state index in [-0.39, 0.29) is 6.42 Å². The lowest BCUT2D eigenvalue weighted by molar-refractivity contribution is -0.252. The molecule has 0 bridgehead atoms. The number of unbranched alkanes of at least 4 members (excludes halogenated alkanes) is 4. The molecule has 0 saturated heterocycles. The zero-order chi connectivity index (χ0) is 18.3. The van der Waals surface area contributed by atoms with Gasteiger partial charge >= 0.3 is 17.9 Å². The molecule has 0 radical (unpaired) electrons. The molecule has 0 amide bonds. The quantitative estimate of drug-likeness (QED) is 0.212. The largest absolute Gasteiger partial charge is 0.481 e. The van der Waals surface area contributed by atoms with Crippen molar-refractivity contribution in [2.45, 2.75) is 63.3 Å². The Morgan fingerprint density at radius 2 is 1.43 bits per heavy atom. The van der Waals surface area contributed by atoms with Crippen molar-refractivity contribution in [3.8, 4) is 0 Å². The van der Waals surface area contributed by atoms with Gasteiger partial charge in [-0.3, -0.25) is 9.59 Å². The van der Waals surface area contributed by atoms with E-state index in [9.17, 15) is 29.7 Å². The lowest BCUT2D eigenvalue weighted by atomic mass is 9.77. The fraction of sp³-hybridized carbons (Fsp3) is 0.786.